The summed E-state index contributed by atoms with van der Waals surface area (Å²) in [4.78, 5) is 22.8. The molecular formula is C12H25N3O3. The molecule has 0 fully saturated rings. The summed E-state index contributed by atoms with van der Waals surface area (Å²) in [6, 6.07) is -0.787. The fourth-order valence-electron chi connectivity index (χ4n) is 1.63. The van der Waals surface area contributed by atoms with E-state index in [4.69, 9.17) is 10.5 Å². The summed E-state index contributed by atoms with van der Waals surface area (Å²) >= 11 is 0. The van der Waals surface area contributed by atoms with E-state index in [1.165, 1.54) is 0 Å². The number of nitrogens with two attached hydrogens (primary N) is 1. The second-order valence-corrected chi connectivity index (χ2v) is 4.08. The Morgan fingerprint density at radius 3 is 2.28 bits per heavy atom. The summed E-state index contributed by atoms with van der Waals surface area (Å²) in [5, 5.41) is 5.95. The summed E-state index contributed by atoms with van der Waals surface area (Å²) < 4.78 is 4.99. The third-order valence-corrected chi connectivity index (χ3v) is 2.65. The van der Waals surface area contributed by atoms with Gasteiger partial charge in [0.05, 0.1) is 12.6 Å². The van der Waals surface area contributed by atoms with Gasteiger partial charge in [0.15, 0.2) is 0 Å². The van der Waals surface area contributed by atoms with Crippen molar-refractivity contribution in [3.05, 3.63) is 0 Å². The highest BCUT2D eigenvalue weighted by Crippen LogP contribution is 2.04. The van der Waals surface area contributed by atoms with Gasteiger partial charge in [0.1, 0.15) is 6.04 Å². The zero-order chi connectivity index (χ0) is 14.0. The summed E-state index contributed by atoms with van der Waals surface area (Å²) in [7, 11) is 1.67. The van der Waals surface area contributed by atoms with Crippen molar-refractivity contribution in [1.82, 2.24) is 10.6 Å². The molecule has 6 nitrogen and oxygen atoms in total. The Morgan fingerprint density at radius 2 is 1.83 bits per heavy atom. The van der Waals surface area contributed by atoms with Crippen LogP contribution in [0.2, 0.25) is 0 Å². The summed E-state index contributed by atoms with van der Waals surface area (Å²) in [6.45, 7) is 4.89. The van der Waals surface area contributed by atoms with Crippen molar-refractivity contribution in [2.24, 2.45) is 5.73 Å². The normalized spacial score (nSPS) is 13.9. The molecule has 0 aliphatic heterocycles. The number of esters is 1. The second-order valence-electron chi connectivity index (χ2n) is 4.08. The molecule has 0 radical (unpaired) electrons. The first-order valence-corrected chi connectivity index (χ1v) is 6.43. The first-order valence-electron chi connectivity index (χ1n) is 6.43. The lowest BCUT2D eigenvalue weighted by atomic mass is 10.1. The van der Waals surface area contributed by atoms with E-state index in [0.717, 1.165) is 13.0 Å². The van der Waals surface area contributed by atoms with Gasteiger partial charge in [-0.2, -0.15) is 0 Å². The van der Waals surface area contributed by atoms with Gasteiger partial charge < -0.3 is 21.1 Å². The monoisotopic (exact) mass is 259 g/mol. The quantitative estimate of drug-likeness (QED) is 0.471. The molecule has 18 heavy (non-hydrogen) atoms. The molecule has 0 heterocycles. The van der Waals surface area contributed by atoms with Gasteiger partial charge >= 0.3 is 5.97 Å². The number of carbonyl (C=O) groups is 2. The molecule has 1 amide bonds. The van der Waals surface area contributed by atoms with Crippen LogP contribution >= 0.6 is 0 Å². The third-order valence-electron chi connectivity index (χ3n) is 2.65. The highest BCUT2D eigenvalue weighted by atomic mass is 16.5. The van der Waals surface area contributed by atoms with E-state index in [0.29, 0.717) is 19.4 Å². The molecule has 0 aromatic rings. The number of rotatable bonds is 10. The maximum atomic E-state index is 11.7. The second kappa shape index (κ2) is 9.85. The van der Waals surface area contributed by atoms with Crippen molar-refractivity contribution in [1.29, 1.82) is 0 Å². The van der Waals surface area contributed by atoms with Gasteiger partial charge in [-0.15, -0.1) is 0 Å². The molecule has 0 bridgehead atoms. The van der Waals surface area contributed by atoms with Crippen LogP contribution in [-0.4, -0.2) is 44.2 Å². The Kier molecular flexibility index (Phi) is 9.22. The van der Waals surface area contributed by atoms with Crippen molar-refractivity contribution in [3.8, 4) is 0 Å². The highest BCUT2D eigenvalue weighted by molar-refractivity contribution is 5.80. The maximum absolute atomic E-state index is 11.7. The smallest absolute Gasteiger partial charge is 0.323 e. The minimum absolute atomic E-state index is 0.273. The summed E-state index contributed by atoms with van der Waals surface area (Å²) in [6.07, 6.45) is 1.96. The van der Waals surface area contributed by atoms with E-state index in [2.05, 4.69) is 10.6 Å². The van der Waals surface area contributed by atoms with E-state index in [1.807, 2.05) is 6.92 Å². The SMILES string of the molecule is CCCNC(CCC(NC)C(N)=O)C(=O)OCC. The lowest BCUT2D eigenvalue weighted by Gasteiger charge is -2.19. The van der Waals surface area contributed by atoms with Gasteiger partial charge in [-0.1, -0.05) is 6.92 Å². The predicted octanol–water partition coefficient (Wildman–Crippen LogP) is -0.229. The van der Waals surface area contributed by atoms with Gasteiger partial charge in [-0.25, -0.2) is 0 Å². The summed E-state index contributed by atoms with van der Waals surface area (Å²) in [5.41, 5.74) is 5.23. The standard InChI is InChI=1S/C12H25N3O3/c1-4-8-15-10(12(17)18-5-2)7-6-9(14-3)11(13)16/h9-10,14-15H,4-8H2,1-3H3,(H2,13,16). The number of hydrogen-bond acceptors (Lipinski definition) is 5. The van der Waals surface area contributed by atoms with Crippen LogP contribution in [-0.2, 0) is 14.3 Å². The number of likely N-dealkylation sites (N-methyl/N-ethyl adjacent to an activating group) is 1. The van der Waals surface area contributed by atoms with Crippen LogP contribution in [0.15, 0.2) is 0 Å². The fraction of sp³-hybridized carbons (Fsp3) is 0.833. The minimum Gasteiger partial charge on any atom is -0.465 e. The maximum Gasteiger partial charge on any atom is 0.323 e. The van der Waals surface area contributed by atoms with Gasteiger partial charge in [0, 0.05) is 0 Å². The van der Waals surface area contributed by atoms with E-state index >= 15 is 0 Å². The van der Waals surface area contributed by atoms with Crippen LogP contribution in [0.3, 0.4) is 0 Å². The van der Waals surface area contributed by atoms with E-state index in [1.54, 1.807) is 14.0 Å². The molecule has 0 aromatic heterocycles. The first kappa shape index (κ1) is 16.9. The molecule has 0 spiro atoms. The molecule has 2 atom stereocenters. The van der Waals surface area contributed by atoms with Crippen LogP contribution in [0.5, 0.6) is 0 Å². The number of amides is 1. The van der Waals surface area contributed by atoms with Crippen LogP contribution in [0.25, 0.3) is 0 Å². The molecule has 0 rings (SSSR count). The zero-order valence-electron chi connectivity index (χ0n) is 11.5. The number of hydrogen-bond donors (Lipinski definition) is 3. The lowest BCUT2D eigenvalue weighted by molar-refractivity contribution is -0.146. The van der Waals surface area contributed by atoms with E-state index in [-0.39, 0.29) is 12.0 Å². The molecule has 0 aliphatic carbocycles. The van der Waals surface area contributed by atoms with Gasteiger partial charge in [-0.3, -0.25) is 9.59 Å². The number of ether oxygens (including phenoxy) is 1. The molecule has 106 valence electrons. The molecule has 0 saturated heterocycles. The van der Waals surface area contributed by atoms with Gasteiger partial charge in [-0.05, 0) is 39.8 Å². The van der Waals surface area contributed by atoms with Crippen molar-refractivity contribution in [2.45, 2.75) is 45.2 Å². The number of carbonyl (C=O) groups excluding carboxylic acids is 2. The van der Waals surface area contributed by atoms with Crippen molar-refractivity contribution < 1.29 is 14.3 Å². The Bertz CT molecular complexity index is 259. The minimum atomic E-state index is -0.412. The Hall–Kier alpha value is -1.14. The Balaban J connectivity index is 4.30. The molecule has 4 N–H and O–H groups in total. The Labute approximate surface area is 109 Å². The molecular weight excluding hydrogens is 234 g/mol. The van der Waals surface area contributed by atoms with Crippen LogP contribution < -0.4 is 16.4 Å². The molecule has 0 aromatic carbocycles. The number of primary amides is 1. The van der Waals surface area contributed by atoms with Crippen molar-refractivity contribution in [3.63, 3.8) is 0 Å². The number of nitrogens with one attached hydrogen (secondary N) is 2. The fourth-order valence-corrected chi connectivity index (χ4v) is 1.63. The third kappa shape index (κ3) is 6.56. The molecule has 2 unspecified atom stereocenters. The zero-order valence-corrected chi connectivity index (χ0v) is 11.5. The van der Waals surface area contributed by atoms with E-state index < -0.39 is 11.9 Å². The van der Waals surface area contributed by atoms with Gasteiger partial charge in [0.2, 0.25) is 5.91 Å². The van der Waals surface area contributed by atoms with E-state index in [9.17, 15) is 9.59 Å². The van der Waals surface area contributed by atoms with Crippen LogP contribution in [0.1, 0.15) is 33.1 Å². The van der Waals surface area contributed by atoms with Crippen LogP contribution in [0, 0.1) is 0 Å². The van der Waals surface area contributed by atoms with Crippen LogP contribution in [0.4, 0.5) is 0 Å². The molecule has 6 heteroatoms. The highest BCUT2D eigenvalue weighted by Gasteiger charge is 2.22. The average Bonchev–Trinajstić information content (AvgIpc) is 2.33. The molecule has 0 saturated carbocycles. The lowest BCUT2D eigenvalue weighted by Crippen LogP contribution is -2.43. The van der Waals surface area contributed by atoms with Crippen molar-refractivity contribution in [2.75, 3.05) is 20.2 Å². The van der Waals surface area contributed by atoms with Gasteiger partial charge in [0.25, 0.3) is 0 Å². The first-order chi connectivity index (χ1) is 8.56. The van der Waals surface area contributed by atoms with Crippen molar-refractivity contribution >= 4 is 11.9 Å². The topological polar surface area (TPSA) is 93.5 Å². The molecule has 0 aliphatic rings. The summed E-state index contributed by atoms with van der Waals surface area (Å²) in [5.74, 6) is -0.680. The Morgan fingerprint density at radius 1 is 1.22 bits per heavy atom. The average molecular weight is 259 g/mol. The predicted molar refractivity (Wildman–Crippen MR) is 70.0 cm³/mol. The largest absolute Gasteiger partial charge is 0.465 e.